The van der Waals surface area contributed by atoms with Gasteiger partial charge >= 0.3 is 0 Å². The van der Waals surface area contributed by atoms with Crippen LogP contribution >= 0.6 is 70.6 Å². The van der Waals surface area contributed by atoms with Gasteiger partial charge in [-0.2, -0.15) is 0 Å². The largest absolute Gasteiger partial charge is 0.361 e. The third-order valence-electron chi connectivity index (χ3n) is 2.43. The molecule has 4 rings (SSSR count). The molecule has 4 heterocycles. The monoisotopic (exact) mass is 352 g/mol. The van der Waals surface area contributed by atoms with E-state index in [2.05, 4.69) is 10.8 Å². The van der Waals surface area contributed by atoms with Crippen molar-refractivity contribution in [3.63, 3.8) is 0 Å². The molecule has 4 aliphatic heterocycles. The van der Waals surface area contributed by atoms with E-state index < -0.39 is 0 Å². The predicted molar refractivity (Wildman–Crippen MR) is 88.2 cm³/mol. The Morgan fingerprint density at radius 3 is 1.89 bits per heavy atom. The third-order valence-corrected chi connectivity index (χ3v) is 11.0. The normalized spacial score (nSPS) is 35.1. The van der Waals surface area contributed by atoms with Crippen molar-refractivity contribution in [1.29, 1.82) is 0 Å². The fourth-order valence-electron chi connectivity index (χ4n) is 1.68. The van der Waals surface area contributed by atoms with Crippen molar-refractivity contribution in [2.75, 3.05) is 13.2 Å². The molecular formula is C10H8O2S6. The summed E-state index contributed by atoms with van der Waals surface area (Å²) in [5.74, 6) is 0. The van der Waals surface area contributed by atoms with E-state index in [9.17, 15) is 0 Å². The van der Waals surface area contributed by atoms with Crippen LogP contribution in [0.2, 0.25) is 0 Å². The van der Waals surface area contributed by atoms with E-state index in [1.165, 1.54) is 16.9 Å². The molecule has 0 N–H and O–H groups in total. The van der Waals surface area contributed by atoms with Crippen LogP contribution in [0.5, 0.6) is 0 Å². The topological polar surface area (TPSA) is 18.5 Å². The standard InChI is InChI=1S/C10H8O2S6/c1-2-12-6-5(11-1)15-9-10(16-6)18-8(17-9)7-13-3-4-14-7/h3-6H,1-2H2/t5-,6+. The zero-order valence-corrected chi connectivity index (χ0v) is 13.9. The van der Waals surface area contributed by atoms with E-state index in [1.54, 1.807) is 0 Å². The van der Waals surface area contributed by atoms with Crippen LogP contribution in [0.4, 0.5) is 0 Å². The number of ether oxygens (including phenoxy) is 2. The van der Waals surface area contributed by atoms with Gasteiger partial charge in [0, 0.05) is 0 Å². The van der Waals surface area contributed by atoms with Gasteiger partial charge in [0.05, 0.1) is 30.2 Å². The lowest BCUT2D eigenvalue weighted by Crippen LogP contribution is -2.35. The van der Waals surface area contributed by atoms with E-state index in [0.29, 0.717) is 0 Å². The zero-order valence-electron chi connectivity index (χ0n) is 8.99. The lowest BCUT2D eigenvalue weighted by molar-refractivity contribution is -0.0659. The third kappa shape index (κ3) is 2.43. The predicted octanol–water partition coefficient (Wildman–Crippen LogP) is 4.85. The SMILES string of the molecule is C1=CSC(=C2SC3=C(S2)S[C@@H]2OCCO[C@@H]2S3)S1. The van der Waals surface area contributed by atoms with E-state index in [1.807, 2.05) is 70.6 Å². The minimum Gasteiger partial charge on any atom is -0.361 e. The van der Waals surface area contributed by atoms with Crippen LogP contribution in [-0.2, 0) is 9.47 Å². The van der Waals surface area contributed by atoms with Gasteiger partial charge in [-0.25, -0.2) is 0 Å². The molecule has 0 bridgehead atoms. The van der Waals surface area contributed by atoms with Crippen LogP contribution in [0.1, 0.15) is 0 Å². The summed E-state index contributed by atoms with van der Waals surface area (Å²) in [6, 6.07) is 0. The summed E-state index contributed by atoms with van der Waals surface area (Å²) in [5, 5.41) is 4.30. The molecule has 0 spiro atoms. The second-order valence-corrected chi connectivity index (χ2v) is 10.7. The highest BCUT2D eigenvalue weighted by atomic mass is 32.3. The molecule has 0 unspecified atom stereocenters. The summed E-state index contributed by atoms with van der Waals surface area (Å²) in [6.07, 6.45) is 0. The lowest BCUT2D eigenvalue weighted by Gasteiger charge is -2.33. The molecule has 2 nitrogen and oxygen atoms in total. The van der Waals surface area contributed by atoms with Crippen LogP contribution in [0.15, 0.2) is 27.8 Å². The number of hydrogen-bond donors (Lipinski definition) is 0. The molecule has 8 heteroatoms. The summed E-state index contributed by atoms with van der Waals surface area (Å²) in [5.41, 5.74) is 0.337. The van der Waals surface area contributed by atoms with Gasteiger partial charge in [-0.15, -0.1) is 0 Å². The first-order valence-corrected chi connectivity index (χ1v) is 10.4. The Morgan fingerprint density at radius 2 is 1.33 bits per heavy atom. The van der Waals surface area contributed by atoms with Crippen molar-refractivity contribution < 1.29 is 9.47 Å². The van der Waals surface area contributed by atoms with Crippen LogP contribution in [0, 0.1) is 0 Å². The van der Waals surface area contributed by atoms with Crippen molar-refractivity contribution in [2.24, 2.45) is 0 Å². The van der Waals surface area contributed by atoms with E-state index in [-0.39, 0.29) is 10.9 Å². The number of thioether (sulfide) groups is 6. The number of rotatable bonds is 0. The maximum absolute atomic E-state index is 5.77. The minimum absolute atomic E-state index is 0.168. The molecule has 18 heavy (non-hydrogen) atoms. The van der Waals surface area contributed by atoms with Gasteiger partial charge in [-0.3, -0.25) is 0 Å². The van der Waals surface area contributed by atoms with Crippen LogP contribution in [-0.4, -0.2) is 24.1 Å². The average Bonchev–Trinajstić information content (AvgIpc) is 3.04. The maximum Gasteiger partial charge on any atom is 0.144 e. The number of hydrogen-bond acceptors (Lipinski definition) is 8. The van der Waals surface area contributed by atoms with Crippen LogP contribution in [0.3, 0.4) is 0 Å². The molecule has 0 aromatic heterocycles. The van der Waals surface area contributed by atoms with E-state index >= 15 is 0 Å². The fourth-order valence-corrected chi connectivity index (χ4v) is 10.0. The van der Waals surface area contributed by atoms with Gasteiger partial charge in [0.25, 0.3) is 0 Å². The Balaban J connectivity index is 1.54. The first kappa shape index (κ1) is 12.9. The van der Waals surface area contributed by atoms with Crippen molar-refractivity contribution >= 4 is 70.6 Å². The van der Waals surface area contributed by atoms with Crippen LogP contribution < -0.4 is 0 Å². The lowest BCUT2D eigenvalue weighted by atomic mass is 10.6. The second-order valence-electron chi connectivity index (χ2n) is 3.58. The average molecular weight is 353 g/mol. The van der Waals surface area contributed by atoms with Gasteiger partial charge in [-0.05, 0) is 10.8 Å². The molecule has 0 amide bonds. The highest BCUT2D eigenvalue weighted by Gasteiger charge is 2.40. The first-order chi connectivity index (χ1) is 8.90. The number of fused-ring (bicyclic) bond motifs is 1. The van der Waals surface area contributed by atoms with Gasteiger partial charge in [0.15, 0.2) is 0 Å². The molecule has 0 aromatic rings. The van der Waals surface area contributed by atoms with Gasteiger partial charge in [0.2, 0.25) is 0 Å². The van der Waals surface area contributed by atoms with Gasteiger partial charge in [-0.1, -0.05) is 70.6 Å². The molecule has 96 valence electrons. The van der Waals surface area contributed by atoms with E-state index in [4.69, 9.17) is 9.47 Å². The molecule has 0 aliphatic carbocycles. The van der Waals surface area contributed by atoms with Crippen molar-refractivity contribution in [2.45, 2.75) is 10.9 Å². The smallest absolute Gasteiger partial charge is 0.144 e. The quantitative estimate of drug-likeness (QED) is 0.608. The molecule has 0 aromatic carbocycles. The van der Waals surface area contributed by atoms with Crippen molar-refractivity contribution in [1.82, 2.24) is 0 Å². The zero-order chi connectivity index (χ0) is 11.9. The molecule has 4 aliphatic rings. The van der Waals surface area contributed by atoms with E-state index in [0.717, 1.165) is 13.2 Å². The highest BCUT2D eigenvalue weighted by molar-refractivity contribution is 8.43. The molecule has 1 fully saturated rings. The Labute approximate surface area is 131 Å². The molecule has 0 saturated carbocycles. The summed E-state index contributed by atoms with van der Waals surface area (Å²) < 4.78 is 17.2. The van der Waals surface area contributed by atoms with Gasteiger partial charge < -0.3 is 9.47 Å². The minimum atomic E-state index is 0.168. The Morgan fingerprint density at radius 1 is 0.778 bits per heavy atom. The molecule has 1 saturated heterocycles. The Bertz CT molecular complexity index is 433. The maximum atomic E-state index is 5.77. The van der Waals surface area contributed by atoms with Gasteiger partial charge in [0.1, 0.15) is 10.9 Å². The second kappa shape index (κ2) is 5.55. The summed E-state index contributed by atoms with van der Waals surface area (Å²) >= 11 is 11.1. The summed E-state index contributed by atoms with van der Waals surface area (Å²) in [4.78, 5) is 0. The fraction of sp³-hybridized carbons (Fsp3) is 0.400. The summed E-state index contributed by atoms with van der Waals surface area (Å²) in [6.45, 7) is 1.44. The highest BCUT2D eigenvalue weighted by Crippen LogP contribution is 2.65. The van der Waals surface area contributed by atoms with Crippen LogP contribution in [0.25, 0.3) is 0 Å². The molecular weight excluding hydrogens is 345 g/mol. The molecule has 0 radical (unpaired) electrons. The Hall–Kier alpha value is 1.24. The first-order valence-electron chi connectivity index (χ1n) is 5.29. The Kier molecular flexibility index (Phi) is 3.99. The van der Waals surface area contributed by atoms with Crippen molar-refractivity contribution in [3.8, 4) is 0 Å². The summed E-state index contributed by atoms with van der Waals surface area (Å²) in [7, 11) is 0. The van der Waals surface area contributed by atoms with Crippen molar-refractivity contribution in [3.05, 3.63) is 27.8 Å². The molecule has 2 atom stereocenters.